The first kappa shape index (κ1) is 18.5. The SMILES string of the molecule is Cc1ccc(SSc2ncccc2CC(=O)ON2C(=O)CCC2=O)cc1. The van der Waals surface area contributed by atoms with Crippen LogP contribution < -0.4 is 0 Å². The summed E-state index contributed by atoms with van der Waals surface area (Å²) in [5, 5.41) is 1.25. The van der Waals surface area contributed by atoms with Crippen molar-refractivity contribution in [1.82, 2.24) is 10.0 Å². The third-order valence-electron chi connectivity index (χ3n) is 3.62. The standard InChI is InChI=1S/C18H16N2O4S2/c1-12-4-6-14(7-5-12)25-26-18-13(3-2-10-19-18)11-17(23)24-20-15(21)8-9-16(20)22/h2-7,10H,8-9,11H2,1H3. The number of carbonyl (C=O) groups excluding carboxylic acids is 3. The van der Waals surface area contributed by atoms with Gasteiger partial charge in [-0.1, -0.05) is 34.6 Å². The van der Waals surface area contributed by atoms with E-state index in [1.807, 2.05) is 31.2 Å². The fourth-order valence-electron chi connectivity index (χ4n) is 2.26. The summed E-state index contributed by atoms with van der Waals surface area (Å²) in [5.74, 6) is -1.64. The zero-order valence-electron chi connectivity index (χ0n) is 14.0. The van der Waals surface area contributed by atoms with E-state index in [0.29, 0.717) is 15.7 Å². The van der Waals surface area contributed by atoms with E-state index in [0.717, 1.165) is 4.90 Å². The quantitative estimate of drug-likeness (QED) is 0.555. The molecule has 1 saturated heterocycles. The molecule has 0 saturated carbocycles. The molecule has 3 rings (SSSR count). The van der Waals surface area contributed by atoms with Gasteiger partial charge in [0, 0.05) is 23.9 Å². The van der Waals surface area contributed by atoms with Gasteiger partial charge in [-0.3, -0.25) is 9.59 Å². The van der Waals surface area contributed by atoms with Gasteiger partial charge in [0.05, 0.1) is 6.42 Å². The third kappa shape index (κ3) is 4.64. The molecule has 1 aliphatic rings. The minimum Gasteiger partial charge on any atom is -0.330 e. The second kappa shape index (κ2) is 8.37. The molecule has 0 bridgehead atoms. The Morgan fingerprint density at radius 1 is 1.12 bits per heavy atom. The van der Waals surface area contributed by atoms with Crippen molar-refractivity contribution in [3.8, 4) is 0 Å². The number of aryl methyl sites for hydroxylation is 1. The minimum absolute atomic E-state index is 0.0678. The largest absolute Gasteiger partial charge is 0.337 e. The number of imide groups is 1. The Kier molecular flexibility index (Phi) is 5.95. The Morgan fingerprint density at radius 3 is 2.50 bits per heavy atom. The average molecular weight is 388 g/mol. The van der Waals surface area contributed by atoms with Gasteiger partial charge in [0.1, 0.15) is 5.03 Å². The zero-order valence-corrected chi connectivity index (χ0v) is 15.6. The number of rotatable bonds is 6. The predicted octanol–water partition coefficient (Wildman–Crippen LogP) is 3.34. The Hall–Kier alpha value is -2.32. The highest BCUT2D eigenvalue weighted by atomic mass is 33.1. The molecule has 0 N–H and O–H groups in total. The molecule has 2 aromatic rings. The smallest absolute Gasteiger partial charge is 0.330 e. The van der Waals surface area contributed by atoms with Gasteiger partial charge in [-0.25, -0.2) is 9.78 Å². The molecule has 1 aromatic carbocycles. The average Bonchev–Trinajstić information content (AvgIpc) is 2.94. The molecule has 0 unspecified atom stereocenters. The summed E-state index contributed by atoms with van der Waals surface area (Å²) in [6.45, 7) is 2.03. The van der Waals surface area contributed by atoms with E-state index in [1.165, 1.54) is 16.4 Å². The van der Waals surface area contributed by atoms with Gasteiger partial charge in [-0.05, 0) is 41.5 Å². The van der Waals surface area contributed by atoms with Gasteiger partial charge in [-0.2, -0.15) is 0 Å². The van der Waals surface area contributed by atoms with Gasteiger partial charge >= 0.3 is 5.97 Å². The lowest BCUT2D eigenvalue weighted by Crippen LogP contribution is -2.32. The number of hydroxylamine groups is 2. The van der Waals surface area contributed by atoms with Crippen molar-refractivity contribution >= 4 is 39.4 Å². The van der Waals surface area contributed by atoms with E-state index in [2.05, 4.69) is 4.98 Å². The second-order valence-electron chi connectivity index (χ2n) is 5.67. The van der Waals surface area contributed by atoms with Crippen LogP contribution in [0.3, 0.4) is 0 Å². The van der Waals surface area contributed by atoms with Crippen molar-refractivity contribution < 1.29 is 19.2 Å². The van der Waals surface area contributed by atoms with Crippen molar-refractivity contribution in [2.45, 2.75) is 36.1 Å². The van der Waals surface area contributed by atoms with Crippen molar-refractivity contribution in [3.05, 3.63) is 53.7 Å². The Labute approximate surface area is 158 Å². The molecule has 1 aromatic heterocycles. The maximum Gasteiger partial charge on any atom is 0.337 e. The van der Waals surface area contributed by atoms with Crippen LogP contribution in [0.1, 0.15) is 24.0 Å². The Morgan fingerprint density at radius 2 is 1.81 bits per heavy atom. The van der Waals surface area contributed by atoms with Crippen molar-refractivity contribution in [2.24, 2.45) is 0 Å². The van der Waals surface area contributed by atoms with E-state index in [-0.39, 0.29) is 19.3 Å². The number of aromatic nitrogens is 1. The van der Waals surface area contributed by atoms with Crippen LogP contribution in [0.15, 0.2) is 52.5 Å². The molecule has 2 amide bonds. The molecule has 2 heterocycles. The molecule has 6 nitrogen and oxygen atoms in total. The normalized spacial score (nSPS) is 14.0. The monoisotopic (exact) mass is 388 g/mol. The van der Waals surface area contributed by atoms with Crippen molar-refractivity contribution in [1.29, 1.82) is 0 Å². The number of nitrogens with zero attached hydrogens (tertiary/aromatic N) is 2. The van der Waals surface area contributed by atoms with Gasteiger partial charge in [0.25, 0.3) is 11.8 Å². The number of carbonyl (C=O) groups is 3. The van der Waals surface area contributed by atoms with Gasteiger partial charge in [0.2, 0.25) is 0 Å². The van der Waals surface area contributed by atoms with Crippen LogP contribution in [0.4, 0.5) is 0 Å². The number of amides is 2. The highest BCUT2D eigenvalue weighted by molar-refractivity contribution is 8.76. The highest BCUT2D eigenvalue weighted by Gasteiger charge is 2.32. The minimum atomic E-state index is -0.663. The second-order valence-corrected chi connectivity index (χ2v) is 7.86. The molecule has 26 heavy (non-hydrogen) atoms. The predicted molar refractivity (Wildman–Crippen MR) is 98.0 cm³/mol. The number of pyridine rings is 1. The van der Waals surface area contributed by atoms with Crippen LogP contribution in [0, 0.1) is 6.92 Å². The summed E-state index contributed by atoms with van der Waals surface area (Å²) < 4.78 is 0. The molecular formula is C18H16N2O4S2. The summed E-state index contributed by atoms with van der Waals surface area (Å²) in [6, 6.07) is 11.6. The van der Waals surface area contributed by atoms with Crippen LogP contribution in [-0.4, -0.2) is 27.8 Å². The third-order valence-corrected chi connectivity index (χ3v) is 6.00. The summed E-state index contributed by atoms with van der Waals surface area (Å²) >= 11 is 0. The first-order chi connectivity index (χ1) is 12.5. The van der Waals surface area contributed by atoms with Crippen molar-refractivity contribution in [2.75, 3.05) is 0 Å². The maximum absolute atomic E-state index is 12.1. The molecule has 0 spiro atoms. The van der Waals surface area contributed by atoms with Crippen molar-refractivity contribution in [3.63, 3.8) is 0 Å². The molecule has 0 radical (unpaired) electrons. The molecule has 134 valence electrons. The fourth-order valence-corrected chi connectivity index (χ4v) is 4.35. The first-order valence-electron chi connectivity index (χ1n) is 7.94. The van der Waals surface area contributed by atoms with Crippen LogP contribution in [0.5, 0.6) is 0 Å². The molecule has 0 atom stereocenters. The van der Waals surface area contributed by atoms with E-state index >= 15 is 0 Å². The highest BCUT2D eigenvalue weighted by Crippen LogP contribution is 2.38. The van der Waals surface area contributed by atoms with Gasteiger partial charge in [-0.15, -0.1) is 5.06 Å². The lowest BCUT2D eigenvalue weighted by atomic mass is 10.2. The van der Waals surface area contributed by atoms with Gasteiger partial charge in [0.15, 0.2) is 0 Å². The summed E-state index contributed by atoms with van der Waals surface area (Å²) in [7, 11) is 2.98. The van der Waals surface area contributed by atoms with E-state index in [1.54, 1.807) is 29.1 Å². The molecule has 8 heteroatoms. The van der Waals surface area contributed by atoms with Crippen LogP contribution in [-0.2, 0) is 25.6 Å². The van der Waals surface area contributed by atoms with Crippen LogP contribution in [0.2, 0.25) is 0 Å². The number of hydrogen-bond donors (Lipinski definition) is 0. The lowest BCUT2D eigenvalue weighted by Gasteiger charge is -2.13. The number of benzene rings is 1. The topological polar surface area (TPSA) is 76.6 Å². The molecule has 1 aliphatic heterocycles. The first-order valence-corrected chi connectivity index (χ1v) is 10.1. The van der Waals surface area contributed by atoms with E-state index in [9.17, 15) is 14.4 Å². The zero-order chi connectivity index (χ0) is 18.5. The molecule has 1 fully saturated rings. The van der Waals surface area contributed by atoms with E-state index in [4.69, 9.17) is 4.84 Å². The van der Waals surface area contributed by atoms with Crippen LogP contribution >= 0.6 is 21.6 Å². The van der Waals surface area contributed by atoms with Crippen LogP contribution in [0.25, 0.3) is 0 Å². The summed E-state index contributed by atoms with van der Waals surface area (Å²) in [5.41, 5.74) is 1.87. The summed E-state index contributed by atoms with van der Waals surface area (Å²) in [4.78, 5) is 45.5. The Balaban J connectivity index is 1.63. The summed E-state index contributed by atoms with van der Waals surface area (Å²) in [6.07, 6.45) is 1.74. The molecule has 0 aliphatic carbocycles. The van der Waals surface area contributed by atoms with E-state index < -0.39 is 17.8 Å². The lowest BCUT2D eigenvalue weighted by molar-refractivity contribution is -0.197. The Bertz CT molecular complexity index is 823. The fraction of sp³-hybridized carbons (Fsp3) is 0.222. The number of hydrogen-bond acceptors (Lipinski definition) is 7. The maximum atomic E-state index is 12.1. The molecular weight excluding hydrogens is 372 g/mol. The van der Waals surface area contributed by atoms with Gasteiger partial charge < -0.3 is 4.84 Å².